The number of rotatable bonds is 6. The van der Waals surface area contributed by atoms with Crippen LogP contribution in [0.25, 0.3) is 11.2 Å². The van der Waals surface area contributed by atoms with E-state index in [0.717, 1.165) is 19.3 Å². The van der Waals surface area contributed by atoms with Gasteiger partial charge in [0, 0.05) is 6.61 Å². The predicted octanol–water partition coefficient (Wildman–Crippen LogP) is 2.28. The summed E-state index contributed by atoms with van der Waals surface area (Å²) in [6, 6.07) is 0.331. The number of imidazole rings is 1. The molecule has 1 unspecified atom stereocenters. The minimum absolute atomic E-state index is 0.106. The molecule has 2 heterocycles. The molecule has 0 aliphatic heterocycles. The maximum atomic E-state index is 5.97. The summed E-state index contributed by atoms with van der Waals surface area (Å²) in [5, 5.41) is 0. The van der Waals surface area contributed by atoms with Crippen LogP contribution in [0.4, 0.5) is 5.82 Å². The van der Waals surface area contributed by atoms with Crippen LogP contribution in [-0.4, -0.2) is 32.2 Å². The first-order valence-corrected chi connectivity index (χ1v) is 7.51. The van der Waals surface area contributed by atoms with E-state index in [0.29, 0.717) is 29.6 Å². The highest BCUT2D eigenvalue weighted by atomic mass is 16.5. The van der Waals surface area contributed by atoms with Crippen LogP contribution in [0.3, 0.4) is 0 Å². The van der Waals surface area contributed by atoms with Gasteiger partial charge in [-0.3, -0.25) is 4.57 Å². The molecule has 2 aromatic rings. The van der Waals surface area contributed by atoms with E-state index in [9.17, 15) is 0 Å². The summed E-state index contributed by atoms with van der Waals surface area (Å²) in [5.74, 6) is 0.347. The molecule has 0 amide bonds. The van der Waals surface area contributed by atoms with Gasteiger partial charge in [-0.25, -0.2) is 4.98 Å². The number of hydrogen-bond acceptors (Lipinski definition) is 6. The van der Waals surface area contributed by atoms with Crippen molar-refractivity contribution in [2.45, 2.75) is 51.9 Å². The van der Waals surface area contributed by atoms with Gasteiger partial charge >= 0.3 is 6.01 Å². The lowest BCUT2D eigenvalue weighted by Gasteiger charge is -2.25. The van der Waals surface area contributed by atoms with E-state index >= 15 is 0 Å². The Morgan fingerprint density at radius 1 is 1.38 bits per heavy atom. The number of nitrogen functional groups attached to an aromatic ring is 1. The summed E-state index contributed by atoms with van der Waals surface area (Å²) in [6.07, 6.45) is 5.93. The minimum Gasteiger partial charge on any atom is -0.460 e. The summed E-state index contributed by atoms with van der Waals surface area (Å²) >= 11 is 0. The lowest BCUT2D eigenvalue weighted by Crippen LogP contribution is -2.25. The molecule has 2 N–H and O–H groups in total. The second-order valence-electron chi connectivity index (χ2n) is 5.20. The first-order valence-electron chi connectivity index (χ1n) is 7.51. The lowest BCUT2D eigenvalue weighted by molar-refractivity contribution is 0.0100. The molecule has 21 heavy (non-hydrogen) atoms. The molecule has 7 heteroatoms. The maximum absolute atomic E-state index is 5.97. The molecule has 0 saturated heterocycles. The zero-order valence-corrected chi connectivity index (χ0v) is 12.5. The average Bonchev–Trinajstić information content (AvgIpc) is 2.84. The molecule has 0 spiro atoms. The Labute approximate surface area is 123 Å². The van der Waals surface area contributed by atoms with Gasteiger partial charge in [-0.1, -0.05) is 6.92 Å². The summed E-state index contributed by atoms with van der Waals surface area (Å²) in [4.78, 5) is 13.0. The normalized spacial score (nSPS) is 16.9. The Morgan fingerprint density at radius 2 is 2.19 bits per heavy atom. The Balaban J connectivity index is 1.97. The highest BCUT2D eigenvalue weighted by molar-refractivity contribution is 5.81. The number of hydrogen-bond donors (Lipinski definition) is 1. The van der Waals surface area contributed by atoms with Gasteiger partial charge in [-0.05, 0) is 32.6 Å². The van der Waals surface area contributed by atoms with Crippen molar-refractivity contribution in [1.29, 1.82) is 0 Å². The first kappa shape index (κ1) is 14.1. The Bertz CT molecular complexity index is 623. The molecule has 3 rings (SSSR count). The summed E-state index contributed by atoms with van der Waals surface area (Å²) < 4.78 is 13.4. The van der Waals surface area contributed by atoms with Crippen molar-refractivity contribution in [2.24, 2.45) is 0 Å². The number of nitrogens with two attached hydrogens (primary N) is 1. The maximum Gasteiger partial charge on any atom is 0.320 e. The molecule has 1 aliphatic carbocycles. The molecule has 1 fully saturated rings. The fourth-order valence-electron chi connectivity index (χ4n) is 2.41. The third kappa shape index (κ3) is 2.65. The van der Waals surface area contributed by atoms with Gasteiger partial charge in [0.2, 0.25) is 0 Å². The standard InChI is InChI=1S/C14H21N5O2/c1-3-10(20-4-2)19-8-16-11-12(15)17-14(18-13(11)19)21-9-6-5-7-9/h8-10H,3-7H2,1-2H3,(H2,15,17,18). The number of fused-ring (bicyclic) bond motifs is 1. The predicted molar refractivity (Wildman–Crippen MR) is 79.0 cm³/mol. The zero-order valence-electron chi connectivity index (χ0n) is 12.5. The van der Waals surface area contributed by atoms with Crippen LogP contribution in [-0.2, 0) is 4.74 Å². The molecule has 1 aliphatic rings. The Kier molecular flexibility index (Phi) is 3.92. The quantitative estimate of drug-likeness (QED) is 0.878. The van der Waals surface area contributed by atoms with E-state index in [4.69, 9.17) is 15.2 Å². The van der Waals surface area contributed by atoms with Gasteiger partial charge < -0.3 is 15.2 Å². The SMILES string of the molecule is CCOC(CC)n1cnc2c(N)nc(OC3CCC3)nc21. The van der Waals surface area contributed by atoms with Gasteiger partial charge in [0.15, 0.2) is 17.0 Å². The van der Waals surface area contributed by atoms with E-state index < -0.39 is 0 Å². The zero-order chi connectivity index (χ0) is 14.8. The molecule has 114 valence electrons. The Hall–Kier alpha value is -1.89. The van der Waals surface area contributed by atoms with Crippen molar-refractivity contribution < 1.29 is 9.47 Å². The number of nitrogens with zero attached hydrogens (tertiary/aromatic N) is 4. The fourth-order valence-corrected chi connectivity index (χ4v) is 2.41. The number of ether oxygens (including phenoxy) is 2. The summed E-state index contributed by atoms with van der Waals surface area (Å²) in [7, 11) is 0. The highest BCUT2D eigenvalue weighted by Crippen LogP contribution is 2.27. The van der Waals surface area contributed by atoms with Gasteiger partial charge in [0.05, 0.1) is 6.33 Å². The largest absolute Gasteiger partial charge is 0.460 e. The van der Waals surface area contributed by atoms with Crippen LogP contribution >= 0.6 is 0 Å². The fraction of sp³-hybridized carbons (Fsp3) is 0.643. The smallest absolute Gasteiger partial charge is 0.320 e. The topological polar surface area (TPSA) is 88.1 Å². The third-order valence-corrected chi connectivity index (χ3v) is 3.77. The van der Waals surface area contributed by atoms with Gasteiger partial charge in [-0.15, -0.1) is 0 Å². The first-order chi connectivity index (χ1) is 10.2. The van der Waals surface area contributed by atoms with E-state index in [2.05, 4.69) is 21.9 Å². The third-order valence-electron chi connectivity index (χ3n) is 3.77. The van der Waals surface area contributed by atoms with Crippen LogP contribution in [0, 0.1) is 0 Å². The summed E-state index contributed by atoms with van der Waals surface area (Å²) in [5.41, 5.74) is 7.23. The highest BCUT2D eigenvalue weighted by Gasteiger charge is 2.22. The van der Waals surface area contributed by atoms with Crippen LogP contribution in [0.1, 0.15) is 45.8 Å². The molecule has 1 atom stereocenters. The number of aromatic nitrogens is 4. The molecule has 1 saturated carbocycles. The van der Waals surface area contributed by atoms with Crippen LogP contribution in [0.5, 0.6) is 6.01 Å². The Morgan fingerprint density at radius 3 is 2.81 bits per heavy atom. The van der Waals surface area contributed by atoms with Crippen molar-refractivity contribution in [3.8, 4) is 6.01 Å². The van der Waals surface area contributed by atoms with Crippen LogP contribution in [0.2, 0.25) is 0 Å². The van der Waals surface area contributed by atoms with E-state index in [-0.39, 0.29) is 12.3 Å². The van der Waals surface area contributed by atoms with Crippen molar-refractivity contribution in [3.63, 3.8) is 0 Å². The number of anilines is 1. The molecule has 0 aromatic carbocycles. The molecule has 2 aromatic heterocycles. The minimum atomic E-state index is -0.106. The van der Waals surface area contributed by atoms with Gasteiger partial charge in [0.25, 0.3) is 0 Å². The second-order valence-corrected chi connectivity index (χ2v) is 5.20. The molecule has 0 radical (unpaired) electrons. The van der Waals surface area contributed by atoms with Gasteiger partial charge in [-0.2, -0.15) is 9.97 Å². The van der Waals surface area contributed by atoms with E-state index in [1.807, 2.05) is 11.5 Å². The molecule has 0 bridgehead atoms. The molecular weight excluding hydrogens is 270 g/mol. The van der Waals surface area contributed by atoms with Crippen molar-refractivity contribution in [2.75, 3.05) is 12.3 Å². The second kappa shape index (κ2) is 5.85. The average molecular weight is 291 g/mol. The molecule has 7 nitrogen and oxygen atoms in total. The van der Waals surface area contributed by atoms with Crippen LogP contribution < -0.4 is 10.5 Å². The summed E-state index contributed by atoms with van der Waals surface area (Å²) in [6.45, 7) is 4.66. The lowest BCUT2D eigenvalue weighted by atomic mass is 9.96. The van der Waals surface area contributed by atoms with Crippen molar-refractivity contribution >= 4 is 17.0 Å². The van der Waals surface area contributed by atoms with Gasteiger partial charge in [0.1, 0.15) is 12.3 Å². The van der Waals surface area contributed by atoms with Crippen molar-refractivity contribution in [1.82, 2.24) is 19.5 Å². The monoisotopic (exact) mass is 291 g/mol. The molecular formula is C14H21N5O2. The van der Waals surface area contributed by atoms with E-state index in [1.54, 1.807) is 6.33 Å². The van der Waals surface area contributed by atoms with Crippen LogP contribution in [0.15, 0.2) is 6.33 Å². The van der Waals surface area contributed by atoms with E-state index in [1.165, 1.54) is 6.42 Å². The van der Waals surface area contributed by atoms with Crippen molar-refractivity contribution in [3.05, 3.63) is 6.33 Å².